The topological polar surface area (TPSA) is 67.4 Å². The van der Waals surface area contributed by atoms with E-state index >= 15 is 0 Å². The van der Waals surface area contributed by atoms with Gasteiger partial charge < -0.3 is 15.4 Å². The third-order valence-electron chi connectivity index (χ3n) is 4.17. The molecule has 6 heteroatoms. The Morgan fingerprint density at radius 1 is 1.04 bits per heavy atom. The zero-order chi connectivity index (χ0) is 19.8. The molecule has 2 atom stereocenters. The number of nitrogens with one attached hydrogen (secondary N) is 2. The molecule has 0 saturated carbocycles. The molecule has 0 heterocycles. The highest BCUT2D eigenvalue weighted by molar-refractivity contribution is 6.04. The molecule has 0 fully saturated rings. The predicted octanol–water partition coefficient (Wildman–Crippen LogP) is 4.15. The number of rotatable bonds is 8. The smallest absolute Gasteiger partial charge is 0.265 e. The van der Waals surface area contributed by atoms with Gasteiger partial charge in [0.05, 0.1) is 11.3 Å². The fourth-order valence-corrected chi connectivity index (χ4v) is 2.41. The van der Waals surface area contributed by atoms with Gasteiger partial charge in [-0.3, -0.25) is 9.59 Å². The first kappa shape index (κ1) is 20.4. The van der Waals surface area contributed by atoms with E-state index in [1.54, 1.807) is 24.3 Å². The maximum absolute atomic E-state index is 13.0. The van der Waals surface area contributed by atoms with Crippen molar-refractivity contribution >= 4 is 17.5 Å². The average molecular weight is 372 g/mol. The van der Waals surface area contributed by atoms with E-state index in [0.717, 1.165) is 6.42 Å². The standard InChI is InChI=1S/C21H25FN2O3/c1-4-14(3)23-20(25)17-8-6-7-9-18(17)24-21(26)19(5-2)27-16-12-10-15(22)11-13-16/h6-14,19H,4-5H2,1-3H3,(H,23,25)(H,24,26)/t14-,19-/m1/s1. The molecule has 2 amide bonds. The summed E-state index contributed by atoms with van der Waals surface area (Å²) >= 11 is 0. The minimum atomic E-state index is -0.763. The molecule has 5 nitrogen and oxygen atoms in total. The van der Waals surface area contributed by atoms with Crippen molar-refractivity contribution in [3.63, 3.8) is 0 Å². The van der Waals surface area contributed by atoms with Gasteiger partial charge in [-0.1, -0.05) is 26.0 Å². The fourth-order valence-electron chi connectivity index (χ4n) is 2.41. The lowest BCUT2D eigenvalue weighted by atomic mass is 10.1. The molecule has 2 N–H and O–H groups in total. The highest BCUT2D eigenvalue weighted by atomic mass is 19.1. The molecule has 144 valence electrons. The Balaban J connectivity index is 2.11. The number of ether oxygens (including phenoxy) is 1. The van der Waals surface area contributed by atoms with E-state index in [0.29, 0.717) is 23.4 Å². The van der Waals surface area contributed by atoms with Crippen LogP contribution in [0.5, 0.6) is 5.75 Å². The van der Waals surface area contributed by atoms with Crippen molar-refractivity contribution in [3.05, 3.63) is 59.9 Å². The van der Waals surface area contributed by atoms with Crippen LogP contribution in [0.25, 0.3) is 0 Å². The Labute approximate surface area is 158 Å². The first-order chi connectivity index (χ1) is 12.9. The van der Waals surface area contributed by atoms with Crippen LogP contribution >= 0.6 is 0 Å². The molecular formula is C21H25FN2O3. The van der Waals surface area contributed by atoms with Crippen molar-refractivity contribution in [2.24, 2.45) is 0 Å². The minimum Gasteiger partial charge on any atom is -0.481 e. The third kappa shape index (κ3) is 5.81. The zero-order valence-corrected chi connectivity index (χ0v) is 15.8. The predicted molar refractivity (Wildman–Crippen MR) is 103 cm³/mol. The number of benzene rings is 2. The van der Waals surface area contributed by atoms with Crippen LogP contribution in [0.4, 0.5) is 10.1 Å². The van der Waals surface area contributed by atoms with Crippen molar-refractivity contribution < 1.29 is 18.7 Å². The molecule has 2 aromatic carbocycles. The molecule has 0 aromatic heterocycles. The van der Waals surface area contributed by atoms with Gasteiger partial charge in [0, 0.05) is 6.04 Å². The molecule has 2 rings (SSSR count). The first-order valence-electron chi connectivity index (χ1n) is 9.07. The van der Waals surface area contributed by atoms with Crippen molar-refractivity contribution in [1.82, 2.24) is 5.32 Å². The number of halogens is 1. The van der Waals surface area contributed by atoms with E-state index in [1.165, 1.54) is 24.3 Å². The molecule has 0 saturated heterocycles. The summed E-state index contributed by atoms with van der Waals surface area (Å²) in [4.78, 5) is 25.1. The summed E-state index contributed by atoms with van der Waals surface area (Å²) in [5, 5.41) is 5.66. The highest BCUT2D eigenvalue weighted by Crippen LogP contribution is 2.18. The Morgan fingerprint density at radius 3 is 2.33 bits per heavy atom. The summed E-state index contributed by atoms with van der Waals surface area (Å²) in [5.41, 5.74) is 0.812. The lowest BCUT2D eigenvalue weighted by Crippen LogP contribution is -2.35. The van der Waals surface area contributed by atoms with E-state index in [-0.39, 0.29) is 23.7 Å². The van der Waals surface area contributed by atoms with Crippen LogP contribution in [-0.2, 0) is 4.79 Å². The monoisotopic (exact) mass is 372 g/mol. The van der Waals surface area contributed by atoms with Crippen molar-refractivity contribution in [1.29, 1.82) is 0 Å². The molecule has 0 radical (unpaired) electrons. The molecule has 0 unspecified atom stereocenters. The summed E-state index contributed by atoms with van der Waals surface area (Å²) in [6, 6.07) is 12.3. The molecule has 0 aliphatic heterocycles. The largest absolute Gasteiger partial charge is 0.481 e. The van der Waals surface area contributed by atoms with Crippen LogP contribution in [0.2, 0.25) is 0 Å². The molecule has 0 bridgehead atoms. The lowest BCUT2D eigenvalue weighted by Gasteiger charge is -2.19. The minimum absolute atomic E-state index is 0.0338. The van der Waals surface area contributed by atoms with Gasteiger partial charge in [0.1, 0.15) is 11.6 Å². The number of amides is 2. The fraction of sp³-hybridized carbons (Fsp3) is 0.333. The number of para-hydroxylation sites is 1. The van der Waals surface area contributed by atoms with Crippen LogP contribution < -0.4 is 15.4 Å². The van der Waals surface area contributed by atoms with Crippen LogP contribution in [0.3, 0.4) is 0 Å². The van der Waals surface area contributed by atoms with Gasteiger partial charge in [-0.2, -0.15) is 0 Å². The van der Waals surface area contributed by atoms with Gasteiger partial charge in [0.25, 0.3) is 11.8 Å². The summed E-state index contributed by atoms with van der Waals surface area (Å²) in [6.45, 7) is 5.72. The summed E-state index contributed by atoms with van der Waals surface area (Å²) in [7, 11) is 0. The molecule has 27 heavy (non-hydrogen) atoms. The van der Waals surface area contributed by atoms with Gasteiger partial charge in [0.15, 0.2) is 6.10 Å². The molecule has 0 aliphatic rings. The summed E-state index contributed by atoms with van der Waals surface area (Å²) in [5.74, 6) is -0.583. The van der Waals surface area contributed by atoms with E-state index in [2.05, 4.69) is 10.6 Å². The van der Waals surface area contributed by atoms with Gasteiger partial charge >= 0.3 is 0 Å². The van der Waals surface area contributed by atoms with Gasteiger partial charge in [-0.25, -0.2) is 4.39 Å². The Morgan fingerprint density at radius 2 is 1.70 bits per heavy atom. The molecular weight excluding hydrogens is 347 g/mol. The van der Waals surface area contributed by atoms with E-state index in [4.69, 9.17) is 4.74 Å². The van der Waals surface area contributed by atoms with Crippen LogP contribution in [0, 0.1) is 5.82 Å². The SMILES string of the molecule is CC[C@@H](C)NC(=O)c1ccccc1NC(=O)[C@@H](CC)Oc1ccc(F)cc1. The van der Waals surface area contributed by atoms with E-state index in [9.17, 15) is 14.0 Å². The second-order valence-electron chi connectivity index (χ2n) is 6.29. The normalized spacial score (nSPS) is 12.7. The van der Waals surface area contributed by atoms with Crippen LogP contribution in [0.1, 0.15) is 44.0 Å². The second kappa shape index (κ2) is 9.71. The number of carbonyl (C=O) groups excluding carboxylic acids is 2. The third-order valence-corrected chi connectivity index (χ3v) is 4.17. The van der Waals surface area contributed by atoms with Gasteiger partial charge in [-0.05, 0) is 56.2 Å². The number of hydrogen-bond acceptors (Lipinski definition) is 3. The zero-order valence-electron chi connectivity index (χ0n) is 15.8. The van der Waals surface area contributed by atoms with Crippen LogP contribution in [0.15, 0.2) is 48.5 Å². The summed E-state index contributed by atoms with van der Waals surface area (Å²) < 4.78 is 18.7. The second-order valence-corrected chi connectivity index (χ2v) is 6.29. The number of anilines is 1. The van der Waals surface area contributed by atoms with Crippen molar-refractivity contribution in [2.45, 2.75) is 45.8 Å². The first-order valence-corrected chi connectivity index (χ1v) is 9.07. The number of carbonyl (C=O) groups is 2. The summed E-state index contributed by atoms with van der Waals surface area (Å²) in [6.07, 6.45) is 0.467. The number of hydrogen-bond donors (Lipinski definition) is 2. The van der Waals surface area contributed by atoms with Crippen molar-refractivity contribution in [3.8, 4) is 5.75 Å². The van der Waals surface area contributed by atoms with E-state index < -0.39 is 6.10 Å². The van der Waals surface area contributed by atoms with Crippen molar-refractivity contribution in [2.75, 3.05) is 5.32 Å². The average Bonchev–Trinajstić information content (AvgIpc) is 2.67. The van der Waals surface area contributed by atoms with Crippen LogP contribution in [-0.4, -0.2) is 24.0 Å². The van der Waals surface area contributed by atoms with Gasteiger partial charge in [0.2, 0.25) is 0 Å². The highest BCUT2D eigenvalue weighted by Gasteiger charge is 2.21. The maximum Gasteiger partial charge on any atom is 0.265 e. The molecule has 0 spiro atoms. The molecule has 2 aromatic rings. The lowest BCUT2D eigenvalue weighted by molar-refractivity contribution is -0.122. The molecule has 0 aliphatic carbocycles. The Hall–Kier alpha value is -2.89. The van der Waals surface area contributed by atoms with E-state index in [1.807, 2.05) is 20.8 Å². The Kier molecular flexibility index (Phi) is 7.34. The van der Waals surface area contributed by atoms with Gasteiger partial charge in [-0.15, -0.1) is 0 Å². The quantitative estimate of drug-likeness (QED) is 0.731. The Bertz CT molecular complexity index is 777. The maximum atomic E-state index is 13.0.